The second-order valence-corrected chi connectivity index (χ2v) is 8.25. The third kappa shape index (κ3) is 5.05. The number of nitrogens with one attached hydrogen (secondary N) is 2. The van der Waals surface area contributed by atoms with Crippen LogP contribution >= 0.6 is 0 Å². The van der Waals surface area contributed by atoms with E-state index in [1.807, 2.05) is 24.3 Å². The molecule has 0 aliphatic heterocycles. The van der Waals surface area contributed by atoms with Crippen molar-refractivity contribution < 1.29 is 9.18 Å². The van der Waals surface area contributed by atoms with Crippen molar-refractivity contribution in [1.82, 2.24) is 29.9 Å². The van der Waals surface area contributed by atoms with Crippen molar-refractivity contribution in [2.24, 2.45) is 0 Å². The minimum atomic E-state index is -0.351. The highest BCUT2D eigenvalue weighted by molar-refractivity contribution is 5.95. The fourth-order valence-electron chi connectivity index (χ4n) is 3.81. The van der Waals surface area contributed by atoms with Gasteiger partial charge in [-0.05, 0) is 42.8 Å². The summed E-state index contributed by atoms with van der Waals surface area (Å²) in [5, 5.41) is 10.8. The molecule has 2 N–H and O–H groups in total. The highest BCUT2D eigenvalue weighted by Gasteiger charge is 2.14. The maximum Gasteiger partial charge on any atom is 0.254 e. The lowest BCUT2D eigenvalue weighted by atomic mass is 10.1. The van der Waals surface area contributed by atoms with E-state index in [0.717, 1.165) is 24.1 Å². The maximum absolute atomic E-state index is 13.9. The van der Waals surface area contributed by atoms with Gasteiger partial charge in [0, 0.05) is 53.1 Å². The number of aromatic nitrogens is 5. The lowest BCUT2D eigenvalue weighted by Gasteiger charge is -2.11. The van der Waals surface area contributed by atoms with Crippen LogP contribution in [0.1, 0.15) is 35.0 Å². The number of aryl methyl sites for hydroxylation is 1. The van der Waals surface area contributed by atoms with Crippen molar-refractivity contribution >= 4 is 23.2 Å². The van der Waals surface area contributed by atoms with Crippen LogP contribution in [0.25, 0.3) is 17.2 Å². The lowest BCUT2D eigenvalue weighted by Crippen LogP contribution is -2.23. The number of halogens is 1. The molecule has 0 saturated heterocycles. The largest absolute Gasteiger partial charge is 0.348 e. The quantitative estimate of drug-likeness (QED) is 0.325. The van der Waals surface area contributed by atoms with E-state index in [9.17, 15) is 9.18 Å². The Labute approximate surface area is 207 Å². The number of carbonyl (C=O) groups excluding carboxylic acids is 1. The molecule has 9 heteroatoms. The third-order valence-electron chi connectivity index (χ3n) is 5.59. The molecule has 0 radical (unpaired) electrons. The number of anilines is 2. The minimum Gasteiger partial charge on any atom is -0.348 e. The zero-order valence-electron chi connectivity index (χ0n) is 19.6. The Morgan fingerprint density at radius 2 is 1.92 bits per heavy atom. The standard InChI is InChI=1S/C27H24FN7O/c1-2-7-21-15-24(35-27(32-21)33-25(34-35)20-10-6-13-29-16-20)31-22-11-5-9-18(14-22)26(36)30-17-19-8-3-4-12-23(19)28/h3-6,8-16,31H,2,7,17H2,1H3,(H,30,36). The molecule has 5 rings (SSSR count). The molecule has 1 amide bonds. The molecule has 0 fully saturated rings. The molecule has 3 aromatic heterocycles. The Kier molecular flexibility index (Phi) is 6.61. The van der Waals surface area contributed by atoms with Crippen LogP contribution in [0, 0.1) is 5.82 Å². The molecule has 0 unspecified atom stereocenters. The summed E-state index contributed by atoms with van der Waals surface area (Å²) in [6.45, 7) is 2.19. The normalized spacial score (nSPS) is 10.9. The Balaban J connectivity index is 1.41. The first-order valence-corrected chi connectivity index (χ1v) is 11.7. The summed E-state index contributed by atoms with van der Waals surface area (Å²) in [5.74, 6) is 1.02. The molecular formula is C27H24FN7O. The second-order valence-electron chi connectivity index (χ2n) is 8.25. The number of amides is 1. The van der Waals surface area contributed by atoms with Crippen LogP contribution in [0.2, 0.25) is 0 Å². The van der Waals surface area contributed by atoms with Crippen LogP contribution in [0.3, 0.4) is 0 Å². The molecule has 0 aliphatic carbocycles. The van der Waals surface area contributed by atoms with Crippen molar-refractivity contribution in [1.29, 1.82) is 0 Å². The number of rotatable bonds is 8. The lowest BCUT2D eigenvalue weighted by molar-refractivity contribution is 0.0950. The van der Waals surface area contributed by atoms with Gasteiger partial charge < -0.3 is 10.6 Å². The van der Waals surface area contributed by atoms with Gasteiger partial charge in [-0.1, -0.05) is 37.6 Å². The Morgan fingerprint density at radius 1 is 1.03 bits per heavy atom. The number of fused-ring (bicyclic) bond motifs is 1. The van der Waals surface area contributed by atoms with Crippen molar-refractivity contribution in [2.45, 2.75) is 26.3 Å². The highest BCUT2D eigenvalue weighted by atomic mass is 19.1. The average Bonchev–Trinajstić information content (AvgIpc) is 3.34. The molecule has 36 heavy (non-hydrogen) atoms. The van der Waals surface area contributed by atoms with Gasteiger partial charge >= 0.3 is 0 Å². The van der Waals surface area contributed by atoms with Crippen molar-refractivity contribution in [3.63, 3.8) is 0 Å². The molecule has 0 spiro atoms. The maximum atomic E-state index is 13.9. The first kappa shape index (κ1) is 23.1. The van der Waals surface area contributed by atoms with Gasteiger partial charge in [-0.3, -0.25) is 9.78 Å². The molecule has 0 atom stereocenters. The van der Waals surface area contributed by atoms with E-state index in [4.69, 9.17) is 0 Å². The van der Waals surface area contributed by atoms with Crippen LogP contribution in [-0.2, 0) is 13.0 Å². The van der Waals surface area contributed by atoms with Crippen molar-refractivity contribution in [2.75, 3.05) is 5.32 Å². The van der Waals surface area contributed by atoms with E-state index in [0.29, 0.717) is 34.2 Å². The van der Waals surface area contributed by atoms with Crippen molar-refractivity contribution in [3.8, 4) is 11.4 Å². The van der Waals surface area contributed by atoms with E-state index >= 15 is 0 Å². The summed E-state index contributed by atoms with van der Waals surface area (Å²) in [5.41, 5.74) is 3.25. The van der Waals surface area contributed by atoms with E-state index in [1.54, 1.807) is 53.3 Å². The molecule has 0 saturated carbocycles. The van der Waals surface area contributed by atoms with Crippen LogP contribution < -0.4 is 10.6 Å². The molecular weight excluding hydrogens is 457 g/mol. The van der Waals surface area contributed by atoms with Gasteiger partial charge in [-0.15, -0.1) is 5.10 Å². The van der Waals surface area contributed by atoms with Gasteiger partial charge in [-0.2, -0.15) is 9.50 Å². The van der Waals surface area contributed by atoms with Gasteiger partial charge in [0.05, 0.1) is 0 Å². The third-order valence-corrected chi connectivity index (χ3v) is 5.59. The molecule has 2 aromatic carbocycles. The Hall–Kier alpha value is -4.66. The number of carbonyl (C=O) groups is 1. The SMILES string of the molecule is CCCc1cc(Nc2cccc(C(=O)NCc3ccccc3F)c2)n2nc(-c3cccnc3)nc2n1. The summed E-state index contributed by atoms with van der Waals surface area (Å²) in [4.78, 5) is 26.1. The van der Waals surface area contributed by atoms with Crippen LogP contribution in [0.4, 0.5) is 15.9 Å². The van der Waals surface area contributed by atoms with Gasteiger partial charge in [-0.25, -0.2) is 9.37 Å². The van der Waals surface area contributed by atoms with E-state index in [1.165, 1.54) is 6.07 Å². The van der Waals surface area contributed by atoms with E-state index in [-0.39, 0.29) is 18.3 Å². The number of benzene rings is 2. The van der Waals surface area contributed by atoms with Crippen LogP contribution in [0.5, 0.6) is 0 Å². The summed E-state index contributed by atoms with van der Waals surface area (Å²) < 4.78 is 15.5. The topological polar surface area (TPSA) is 97.1 Å². The molecule has 0 bridgehead atoms. The zero-order chi connectivity index (χ0) is 24.9. The molecule has 3 heterocycles. The summed E-state index contributed by atoms with van der Waals surface area (Å²) in [6.07, 6.45) is 5.13. The van der Waals surface area contributed by atoms with Crippen molar-refractivity contribution in [3.05, 3.63) is 102 Å². The number of hydrogen-bond donors (Lipinski definition) is 2. The molecule has 5 aromatic rings. The monoisotopic (exact) mass is 481 g/mol. The van der Waals surface area contributed by atoms with Gasteiger partial charge in [0.25, 0.3) is 11.7 Å². The molecule has 0 aliphatic rings. The minimum absolute atomic E-state index is 0.102. The Morgan fingerprint density at radius 3 is 2.72 bits per heavy atom. The van der Waals surface area contributed by atoms with Crippen LogP contribution in [0.15, 0.2) is 79.1 Å². The average molecular weight is 482 g/mol. The predicted molar refractivity (Wildman–Crippen MR) is 135 cm³/mol. The van der Waals surface area contributed by atoms with Crippen LogP contribution in [-0.4, -0.2) is 30.5 Å². The fraction of sp³-hybridized carbons (Fsp3) is 0.148. The van der Waals surface area contributed by atoms with E-state index < -0.39 is 0 Å². The number of pyridine rings is 1. The van der Waals surface area contributed by atoms with E-state index in [2.05, 4.69) is 37.6 Å². The fourth-order valence-corrected chi connectivity index (χ4v) is 3.81. The molecule has 180 valence electrons. The first-order valence-electron chi connectivity index (χ1n) is 11.7. The van der Waals surface area contributed by atoms with Gasteiger partial charge in [0.1, 0.15) is 11.6 Å². The zero-order valence-corrected chi connectivity index (χ0v) is 19.6. The summed E-state index contributed by atoms with van der Waals surface area (Å²) in [7, 11) is 0. The van der Waals surface area contributed by atoms with Gasteiger partial charge in [0.2, 0.25) is 0 Å². The number of nitrogens with zero attached hydrogens (tertiary/aromatic N) is 5. The smallest absolute Gasteiger partial charge is 0.254 e. The summed E-state index contributed by atoms with van der Waals surface area (Å²) >= 11 is 0. The Bertz CT molecular complexity index is 1520. The second kappa shape index (κ2) is 10.3. The predicted octanol–water partition coefficient (Wildman–Crippen LogP) is 4.95. The summed E-state index contributed by atoms with van der Waals surface area (Å²) in [6, 6.07) is 19.1. The van der Waals surface area contributed by atoms with Gasteiger partial charge in [0.15, 0.2) is 5.82 Å². The molecule has 8 nitrogen and oxygen atoms in total. The number of hydrogen-bond acceptors (Lipinski definition) is 6. The first-order chi connectivity index (χ1) is 17.6. The highest BCUT2D eigenvalue weighted by Crippen LogP contribution is 2.22.